The molecule has 134 valence electrons. The number of rotatable bonds is 4. The Morgan fingerprint density at radius 1 is 0.409 bits per heavy atom. The second-order valence-corrected chi connectivity index (χ2v) is 3.75. The Balaban J connectivity index is 6.03. The summed E-state index contributed by atoms with van der Waals surface area (Å²) in [4.78, 5) is 0. The molecule has 22 heavy (non-hydrogen) atoms. The summed E-state index contributed by atoms with van der Waals surface area (Å²) in [6.07, 6.45) is -21.1. The zero-order valence-corrected chi connectivity index (χ0v) is 9.25. The minimum Gasteiger partial charge on any atom is -0.233 e. The average Bonchev–Trinajstić information content (AvgIpc) is 2.24. The fraction of sp³-hybridized carbons (Fsp3) is 1.00. The second kappa shape index (κ2) is 4.97. The molecule has 0 bridgehead atoms. The van der Waals surface area contributed by atoms with Crippen molar-refractivity contribution in [2.75, 3.05) is 0 Å². The molecule has 0 fully saturated rings. The monoisotopic (exact) mass is 370 g/mol. The number of hydrogen-bond acceptors (Lipinski definition) is 0. The lowest BCUT2D eigenvalue weighted by Crippen LogP contribution is -2.67. The van der Waals surface area contributed by atoms with E-state index >= 15 is 0 Å². The molecule has 0 heterocycles. The third-order valence-corrected chi connectivity index (χ3v) is 2.18. The van der Waals surface area contributed by atoms with Gasteiger partial charge < -0.3 is 0 Å². The van der Waals surface area contributed by atoms with Gasteiger partial charge in [0.25, 0.3) is 0 Å². The van der Waals surface area contributed by atoms with Crippen LogP contribution in [0.2, 0.25) is 0 Å². The van der Waals surface area contributed by atoms with Crippen LogP contribution >= 0.6 is 0 Å². The van der Waals surface area contributed by atoms with E-state index in [1.54, 1.807) is 0 Å². The van der Waals surface area contributed by atoms with E-state index in [0.717, 1.165) is 0 Å². The maximum absolute atomic E-state index is 12.6. The molecule has 0 aromatic carbocycles. The van der Waals surface area contributed by atoms with Crippen molar-refractivity contribution < 1.29 is 65.9 Å². The SMILES string of the molecule is FC(C(F)(F)C(F)(F)F)C(F)(F)C(F)(F)C(F)(F)C(F)(F)F. The Morgan fingerprint density at radius 2 is 0.727 bits per heavy atom. The molecule has 1 unspecified atom stereocenters. The van der Waals surface area contributed by atoms with E-state index in [9.17, 15) is 65.9 Å². The summed E-state index contributed by atoms with van der Waals surface area (Å²) in [5, 5.41) is 0. The molecule has 0 amide bonds. The largest absolute Gasteiger partial charge is 0.460 e. The Kier molecular flexibility index (Phi) is 4.74. The van der Waals surface area contributed by atoms with Crippen molar-refractivity contribution in [2.45, 2.75) is 42.2 Å². The van der Waals surface area contributed by atoms with Crippen molar-refractivity contribution in [3.8, 4) is 0 Å². The van der Waals surface area contributed by atoms with Crippen LogP contribution in [0.15, 0.2) is 0 Å². The Labute approximate surface area is 109 Å². The molecule has 0 aliphatic heterocycles. The van der Waals surface area contributed by atoms with E-state index in [4.69, 9.17) is 0 Å². The van der Waals surface area contributed by atoms with Gasteiger partial charge in [-0.25, -0.2) is 4.39 Å². The molecule has 0 aromatic rings. The molecule has 0 aliphatic rings. The predicted octanol–water partition coefficient (Wildman–Crippen LogP) is 4.99. The van der Waals surface area contributed by atoms with Gasteiger partial charge >= 0.3 is 36.0 Å². The van der Waals surface area contributed by atoms with Crippen molar-refractivity contribution in [3.05, 3.63) is 0 Å². The highest BCUT2D eigenvalue weighted by molar-refractivity contribution is 5.07. The van der Waals surface area contributed by atoms with E-state index in [-0.39, 0.29) is 0 Å². The highest BCUT2D eigenvalue weighted by Gasteiger charge is 2.87. The Hall–Kier alpha value is -1.05. The van der Waals surface area contributed by atoms with E-state index in [0.29, 0.717) is 0 Å². The highest BCUT2D eigenvalue weighted by atomic mass is 19.4. The van der Waals surface area contributed by atoms with Gasteiger partial charge in [-0.2, -0.15) is 61.5 Å². The smallest absolute Gasteiger partial charge is 0.233 e. The van der Waals surface area contributed by atoms with Gasteiger partial charge in [0.2, 0.25) is 6.17 Å². The van der Waals surface area contributed by atoms with Crippen LogP contribution in [0.25, 0.3) is 0 Å². The molecule has 0 nitrogen and oxygen atoms in total. The minimum atomic E-state index is -7.92. The molecular formula is C7HF15. The molecule has 0 saturated carbocycles. The van der Waals surface area contributed by atoms with Gasteiger partial charge in [0, 0.05) is 0 Å². The molecule has 0 rings (SSSR count). The normalized spacial score (nSPS) is 17.6. The Bertz CT molecular complexity index is 397. The van der Waals surface area contributed by atoms with Gasteiger partial charge in [-0.05, 0) is 0 Å². The van der Waals surface area contributed by atoms with Crippen molar-refractivity contribution >= 4 is 0 Å². The summed E-state index contributed by atoms with van der Waals surface area (Å²) in [7, 11) is 0. The summed E-state index contributed by atoms with van der Waals surface area (Å²) in [6.45, 7) is 0. The molecule has 0 aromatic heterocycles. The first-order valence-electron chi connectivity index (χ1n) is 4.44. The van der Waals surface area contributed by atoms with Crippen molar-refractivity contribution in [1.29, 1.82) is 0 Å². The van der Waals surface area contributed by atoms with Crippen LogP contribution in [0.3, 0.4) is 0 Å². The predicted molar refractivity (Wildman–Crippen MR) is 36.8 cm³/mol. The van der Waals surface area contributed by atoms with Gasteiger partial charge in [0.05, 0.1) is 0 Å². The molecule has 0 N–H and O–H groups in total. The first-order valence-corrected chi connectivity index (χ1v) is 4.44. The van der Waals surface area contributed by atoms with E-state index < -0.39 is 42.2 Å². The van der Waals surface area contributed by atoms with Crippen molar-refractivity contribution in [3.63, 3.8) is 0 Å². The van der Waals surface area contributed by atoms with Gasteiger partial charge in [-0.1, -0.05) is 0 Å². The summed E-state index contributed by atoms with van der Waals surface area (Å²) in [5.41, 5.74) is 0. The summed E-state index contributed by atoms with van der Waals surface area (Å²) >= 11 is 0. The first kappa shape index (κ1) is 20.9. The highest BCUT2D eigenvalue weighted by Crippen LogP contribution is 2.57. The van der Waals surface area contributed by atoms with Crippen LogP contribution in [0.4, 0.5) is 65.9 Å². The first-order chi connectivity index (χ1) is 9.15. The molecule has 0 aliphatic carbocycles. The molecular weight excluding hydrogens is 369 g/mol. The Morgan fingerprint density at radius 3 is 0.955 bits per heavy atom. The average molecular weight is 370 g/mol. The lowest BCUT2D eigenvalue weighted by Gasteiger charge is -2.37. The van der Waals surface area contributed by atoms with Crippen molar-refractivity contribution in [1.82, 2.24) is 0 Å². The van der Waals surface area contributed by atoms with Crippen LogP contribution in [0, 0.1) is 0 Å². The molecule has 15 heteroatoms. The molecule has 0 radical (unpaired) electrons. The summed E-state index contributed by atoms with van der Waals surface area (Å²) < 4.78 is 181. The zero-order chi connectivity index (χ0) is 18.6. The van der Waals surface area contributed by atoms with Gasteiger partial charge in [-0.3, -0.25) is 0 Å². The number of halogens is 15. The lowest BCUT2D eigenvalue weighted by molar-refractivity contribution is -0.420. The second-order valence-electron chi connectivity index (χ2n) is 3.75. The fourth-order valence-corrected chi connectivity index (χ4v) is 0.918. The van der Waals surface area contributed by atoms with Gasteiger partial charge in [0.1, 0.15) is 0 Å². The quantitative estimate of drug-likeness (QED) is 0.612. The summed E-state index contributed by atoms with van der Waals surface area (Å²) in [5.74, 6) is -30.7. The van der Waals surface area contributed by atoms with E-state index in [1.807, 2.05) is 0 Å². The van der Waals surface area contributed by atoms with Gasteiger partial charge in [0.15, 0.2) is 0 Å². The number of hydrogen-bond donors (Lipinski definition) is 0. The molecule has 0 saturated heterocycles. The minimum absolute atomic E-state index is 6.40. The van der Waals surface area contributed by atoms with E-state index in [1.165, 1.54) is 0 Å². The van der Waals surface area contributed by atoms with Crippen LogP contribution in [-0.2, 0) is 0 Å². The lowest BCUT2D eigenvalue weighted by atomic mass is 9.96. The number of alkyl halides is 15. The third kappa shape index (κ3) is 2.77. The fourth-order valence-electron chi connectivity index (χ4n) is 0.918. The van der Waals surface area contributed by atoms with Crippen LogP contribution in [-0.4, -0.2) is 42.2 Å². The van der Waals surface area contributed by atoms with Crippen LogP contribution in [0.1, 0.15) is 0 Å². The maximum atomic E-state index is 12.6. The zero-order valence-electron chi connectivity index (χ0n) is 9.25. The van der Waals surface area contributed by atoms with Gasteiger partial charge in [-0.15, -0.1) is 0 Å². The maximum Gasteiger partial charge on any atom is 0.460 e. The van der Waals surface area contributed by atoms with Crippen LogP contribution in [0.5, 0.6) is 0 Å². The van der Waals surface area contributed by atoms with E-state index in [2.05, 4.69) is 0 Å². The molecule has 0 spiro atoms. The standard InChI is InChI=1S/C7HF15/c8-1(3(11,12)6(17,18)19)2(9,10)4(13,14)5(15,16)7(20,21)22/h1H. The topological polar surface area (TPSA) is 0 Å². The third-order valence-electron chi connectivity index (χ3n) is 2.18. The van der Waals surface area contributed by atoms with Crippen LogP contribution < -0.4 is 0 Å². The summed E-state index contributed by atoms with van der Waals surface area (Å²) in [6, 6.07) is 0. The molecule has 1 atom stereocenters. The van der Waals surface area contributed by atoms with Crippen molar-refractivity contribution in [2.24, 2.45) is 0 Å².